The van der Waals surface area contributed by atoms with Crippen LogP contribution in [-0.4, -0.2) is 22.0 Å². The Balaban J connectivity index is 2.38. The third kappa shape index (κ3) is 2.98. The number of aryl methyl sites for hydroxylation is 1. The first kappa shape index (κ1) is 14.1. The zero-order valence-electron chi connectivity index (χ0n) is 11.0. The molecule has 2 aromatic rings. The van der Waals surface area contributed by atoms with Gasteiger partial charge in [0.05, 0.1) is 13.3 Å². The Labute approximate surface area is 121 Å². The molecule has 0 amide bonds. The number of hydrogen-bond donors (Lipinski definition) is 1. The van der Waals surface area contributed by atoms with Crippen LogP contribution in [0.4, 0.5) is 0 Å². The molecule has 4 nitrogen and oxygen atoms in total. The van der Waals surface area contributed by atoms with Gasteiger partial charge < -0.3 is 9.84 Å². The van der Waals surface area contributed by atoms with Crippen LogP contribution in [0, 0.1) is 0 Å². The Morgan fingerprint density at radius 2 is 2.05 bits per heavy atom. The average Bonchev–Trinajstić information content (AvgIpc) is 2.82. The summed E-state index contributed by atoms with van der Waals surface area (Å²) in [5.41, 5.74) is 1.52. The second-order valence-electron chi connectivity index (χ2n) is 4.28. The van der Waals surface area contributed by atoms with Gasteiger partial charge in [0.15, 0.2) is 5.75 Å². The fraction of sp³-hybridized carbons (Fsp3) is 0.357. The van der Waals surface area contributed by atoms with Gasteiger partial charge in [0, 0.05) is 11.0 Å². The van der Waals surface area contributed by atoms with Gasteiger partial charge in [-0.1, -0.05) is 35.0 Å². The van der Waals surface area contributed by atoms with Gasteiger partial charge in [-0.3, -0.25) is 4.68 Å². The minimum atomic E-state index is -0.739. The fourth-order valence-corrected chi connectivity index (χ4v) is 2.27. The van der Waals surface area contributed by atoms with Crippen molar-refractivity contribution in [3.8, 4) is 5.75 Å². The highest BCUT2D eigenvalue weighted by molar-refractivity contribution is 9.10. The molecule has 0 aliphatic carbocycles. The van der Waals surface area contributed by atoms with E-state index >= 15 is 0 Å². The number of nitrogens with zero attached hydrogens (tertiary/aromatic N) is 2. The fourth-order valence-electron chi connectivity index (χ4n) is 2.00. The molecule has 0 aliphatic heterocycles. The zero-order chi connectivity index (χ0) is 13.8. The number of aliphatic hydroxyl groups excluding tert-OH is 1. The van der Waals surface area contributed by atoms with Crippen molar-refractivity contribution in [3.05, 3.63) is 46.2 Å². The maximum Gasteiger partial charge on any atom is 0.163 e. The third-order valence-electron chi connectivity index (χ3n) is 2.94. The highest BCUT2D eigenvalue weighted by atomic mass is 79.9. The van der Waals surface area contributed by atoms with Crippen molar-refractivity contribution in [1.29, 1.82) is 0 Å². The highest BCUT2D eigenvalue weighted by Gasteiger charge is 2.21. The first-order valence-corrected chi connectivity index (χ1v) is 7.00. The van der Waals surface area contributed by atoms with E-state index in [-0.39, 0.29) is 0 Å². The minimum absolute atomic E-state index is 0.615. The molecule has 19 heavy (non-hydrogen) atoms. The van der Waals surface area contributed by atoms with Gasteiger partial charge in [-0.05, 0) is 24.1 Å². The summed E-state index contributed by atoms with van der Waals surface area (Å²) in [5.74, 6) is 0.615. The molecule has 0 bridgehead atoms. The van der Waals surface area contributed by atoms with Gasteiger partial charge in [0.1, 0.15) is 11.8 Å². The number of aliphatic hydroxyl groups is 1. The monoisotopic (exact) mass is 324 g/mol. The Bertz CT molecular complexity index is 537. The minimum Gasteiger partial charge on any atom is -0.493 e. The maximum atomic E-state index is 10.5. The summed E-state index contributed by atoms with van der Waals surface area (Å²) in [6.45, 7) is 2.83. The molecule has 1 aromatic heterocycles. The molecule has 1 unspecified atom stereocenters. The largest absolute Gasteiger partial charge is 0.493 e. The van der Waals surface area contributed by atoms with E-state index in [9.17, 15) is 5.11 Å². The molecule has 5 heteroatoms. The van der Waals surface area contributed by atoms with Gasteiger partial charge in [-0.15, -0.1) is 0 Å². The summed E-state index contributed by atoms with van der Waals surface area (Å²) in [6.07, 6.45) is 1.86. The number of hydrogen-bond acceptors (Lipinski definition) is 3. The first-order chi connectivity index (χ1) is 9.17. The molecule has 0 saturated carbocycles. The molecule has 102 valence electrons. The normalized spacial score (nSPS) is 12.4. The van der Waals surface area contributed by atoms with Crippen molar-refractivity contribution in [2.75, 3.05) is 7.11 Å². The van der Waals surface area contributed by atoms with Crippen LogP contribution in [0.25, 0.3) is 0 Å². The molecule has 0 saturated heterocycles. The summed E-state index contributed by atoms with van der Waals surface area (Å²) in [4.78, 5) is 0. The maximum absolute atomic E-state index is 10.5. The van der Waals surface area contributed by atoms with E-state index in [0.717, 1.165) is 23.0 Å². The highest BCUT2D eigenvalue weighted by Crippen LogP contribution is 2.30. The Kier molecular flexibility index (Phi) is 4.61. The van der Waals surface area contributed by atoms with E-state index < -0.39 is 6.10 Å². The predicted molar refractivity (Wildman–Crippen MR) is 77.3 cm³/mol. The lowest BCUT2D eigenvalue weighted by molar-refractivity contribution is 0.202. The van der Waals surface area contributed by atoms with Crippen molar-refractivity contribution in [2.45, 2.75) is 26.0 Å². The molecule has 1 heterocycles. The van der Waals surface area contributed by atoms with Crippen LogP contribution < -0.4 is 4.74 Å². The van der Waals surface area contributed by atoms with Crippen molar-refractivity contribution in [2.24, 2.45) is 0 Å². The van der Waals surface area contributed by atoms with Gasteiger partial charge in [-0.2, -0.15) is 5.10 Å². The molecule has 1 N–H and O–H groups in total. The lowest BCUT2D eigenvalue weighted by Gasteiger charge is -2.15. The van der Waals surface area contributed by atoms with E-state index in [1.165, 1.54) is 0 Å². The van der Waals surface area contributed by atoms with Crippen LogP contribution in [0.15, 0.2) is 34.9 Å². The summed E-state index contributed by atoms with van der Waals surface area (Å²) in [5, 5.41) is 14.8. The number of methoxy groups -OCH3 is 1. The molecule has 0 radical (unpaired) electrons. The van der Waals surface area contributed by atoms with Crippen molar-refractivity contribution >= 4 is 15.9 Å². The van der Waals surface area contributed by atoms with Crippen LogP contribution in [-0.2, 0) is 6.54 Å². The van der Waals surface area contributed by atoms with Gasteiger partial charge in [0.2, 0.25) is 0 Å². The summed E-state index contributed by atoms with van der Waals surface area (Å²) in [6, 6.07) is 7.59. The first-order valence-electron chi connectivity index (χ1n) is 6.20. The molecule has 1 atom stereocenters. The predicted octanol–water partition coefficient (Wildman–Crippen LogP) is 3.15. The molecule has 0 fully saturated rings. The van der Waals surface area contributed by atoms with Crippen molar-refractivity contribution < 1.29 is 9.84 Å². The van der Waals surface area contributed by atoms with Gasteiger partial charge in [0.25, 0.3) is 0 Å². The number of ether oxygens (including phenoxy) is 1. The zero-order valence-corrected chi connectivity index (χ0v) is 12.6. The average molecular weight is 325 g/mol. The second kappa shape index (κ2) is 6.21. The molecule has 1 aromatic carbocycles. The van der Waals surface area contributed by atoms with Crippen molar-refractivity contribution in [1.82, 2.24) is 9.78 Å². The van der Waals surface area contributed by atoms with Gasteiger partial charge >= 0.3 is 0 Å². The van der Waals surface area contributed by atoms with E-state index in [0.29, 0.717) is 11.4 Å². The topological polar surface area (TPSA) is 47.3 Å². The number of halogens is 1. The van der Waals surface area contributed by atoms with Crippen LogP contribution in [0.3, 0.4) is 0 Å². The van der Waals surface area contributed by atoms with Crippen LogP contribution >= 0.6 is 15.9 Å². The molecular formula is C14H17BrN2O2. The van der Waals surface area contributed by atoms with E-state index in [1.54, 1.807) is 18.0 Å². The number of benzene rings is 1. The summed E-state index contributed by atoms with van der Waals surface area (Å²) >= 11 is 3.39. The Morgan fingerprint density at radius 1 is 1.37 bits per heavy atom. The third-order valence-corrected chi connectivity index (χ3v) is 3.47. The lowest BCUT2D eigenvalue weighted by atomic mass is 10.1. The van der Waals surface area contributed by atoms with Crippen LogP contribution in [0.5, 0.6) is 5.75 Å². The summed E-state index contributed by atoms with van der Waals surface area (Å²) in [7, 11) is 1.59. The number of rotatable bonds is 5. The Hall–Kier alpha value is -1.33. The smallest absolute Gasteiger partial charge is 0.163 e. The van der Waals surface area contributed by atoms with E-state index in [2.05, 4.69) is 28.0 Å². The standard InChI is InChI=1S/C14H17BrN2O2/c1-3-8-17-13(12(19-2)9-16-17)14(18)10-4-6-11(15)7-5-10/h4-7,9,14,18H,3,8H2,1-2H3. The molecule has 0 aliphatic rings. The molecular weight excluding hydrogens is 308 g/mol. The quantitative estimate of drug-likeness (QED) is 0.919. The van der Waals surface area contributed by atoms with Crippen LogP contribution in [0.2, 0.25) is 0 Å². The van der Waals surface area contributed by atoms with E-state index in [4.69, 9.17) is 4.74 Å². The Morgan fingerprint density at radius 3 is 2.63 bits per heavy atom. The summed E-state index contributed by atoms with van der Waals surface area (Å²) < 4.78 is 8.07. The SMILES string of the molecule is CCCn1ncc(OC)c1C(O)c1ccc(Br)cc1. The van der Waals surface area contributed by atoms with Gasteiger partial charge in [-0.25, -0.2) is 0 Å². The number of aromatic nitrogens is 2. The van der Waals surface area contributed by atoms with E-state index in [1.807, 2.05) is 24.3 Å². The second-order valence-corrected chi connectivity index (χ2v) is 5.19. The van der Waals surface area contributed by atoms with Crippen LogP contribution in [0.1, 0.15) is 30.7 Å². The molecule has 2 rings (SSSR count). The molecule has 0 spiro atoms. The lowest BCUT2D eigenvalue weighted by Crippen LogP contribution is -2.11. The van der Waals surface area contributed by atoms with Crippen molar-refractivity contribution in [3.63, 3.8) is 0 Å².